The van der Waals surface area contributed by atoms with Crippen LogP contribution in [0.3, 0.4) is 0 Å². The molecule has 2 heterocycles. The maximum absolute atomic E-state index is 12.0. The molecule has 1 aromatic heterocycles. The van der Waals surface area contributed by atoms with Crippen molar-refractivity contribution in [2.24, 2.45) is 0 Å². The molecular weight excluding hydrogens is 226 g/mol. The highest BCUT2D eigenvalue weighted by atomic mass is 16.4. The average molecular weight is 237 g/mol. The molecule has 0 aliphatic carbocycles. The fraction of sp³-hybridized carbons (Fsp3) is 0.400. The summed E-state index contributed by atoms with van der Waals surface area (Å²) in [5.74, 6) is -1.60. The van der Waals surface area contributed by atoms with E-state index in [1.165, 1.54) is 18.7 Å². The number of carbonyl (C=O) groups excluding carboxylic acids is 1. The summed E-state index contributed by atoms with van der Waals surface area (Å²) in [7, 11) is 0. The van der Waals surface area contributed by atoms with E-state index in [2.05, 4.69) is 9.97 Å². The molecule has 1 saturated heterocycles. The van der Waals surface area contributed by atoms with E-state index in [1.807, 2.05) is 0 Å². The number of carbonyl (C=O) groups is 2. The third-order valence-electron chi connectivity index (χ3n) is 2.63. The Labute approximate surface area is 96.7 Å². The van der Waals surface area contributed by atoms with Crippen molar-refractivity contribution < 1.29 is 19.8 Å². The number of aliphatic hydroxyl groups excluding tert-OH is 1. The lowest BCUT2D eigenvalue weighted by molar-refractivity contribution is -0.141. The number of hydrogen-bond acceptors (Lipinski definition) is 5. The summed E-state index contributed by atoms with van der Waals surface area (Å²) < 4.78 is 0. The van der Waals surface area contributed by atoms with Crippen LogP contribution in [0.15, 0.2) is 18.7 Å². The van der Waals surface area contributed by atoms with Crippen LogP contribution in [0.2, 0.25) is 0 Å². The van der Waals surface area contributed by atoms with Gasteiger partial charge in [0.25, 0.3) is 5.91 Å². The fourth-order valence-electron chi connectivity index (χ4n) is 1.85. The number of carboxylic acids is 1. The first-order valence-electron chi connectivity index (χ1n) is 5.06. The van der Waals surface area contributed by atoms with E-state index in [-0.39, 0.29) is 18.5 Å². The quantitative estimate of drug-likeness (QED) is 0.693. The molecule has 1 aliphatic rings. The molecule has 2 rings (SSSR count). The van der Waals surface area contributed by atoms with Crippen molar-refractivity contribution in [2.75, 3.05) is 6.54 Å². The number of likely N-dealkylation sites (tertiary alicyclic amines) is 1. The van der Waals surface area contributed by atoms with Gasteiger partial charge in [-0.2, -0.15) is 0 Å². The van der Waals surface area contributed by atoms with Crippen LogP contribution in [0, 0.1) is 0 Å². The van der Waals surface area contributed by atoms with Crippen molar-refractivity contribution in [2.45, 2.75) is 18.6 Å². The molecule has 90 valence electrons. The molecule has 2 atom stereocenters. The van der Waals surface area contributed by atoms with Gasteiger partial charge in [0.2, 0.25) is 0 Å². The predicted octanol–water partition coefficient (Wildman–Crippen LogP) is -0.863. The molecule has 0 unspecified atom stereocenters. The standard InChI is InChI=1S/C10H11N3O4/c14-7-1-8(10(16)17)13(4-7)9(15)6-2-11-5-12-3-6/h2-3,5,7-8,14H,1,4H2,(H,16,17)/t7-,8+/m1/s1. The molecule has 1 fully saturated rings. The van der Waals surface area contributed by atoms with Crippen molar-refractivity contribution in [1.29, 1.82) is 0 Å². The number of nitrogens with zero attached hydrogens (tertiary/aromatic N) is 3. The molecule has 0 saturated carbocycles. The molecule has 0 aromatic carbocycles. The SMILES string of the molecule is O=C(O)[C@@H]1C[C@@H](O)CN1C(=O)c1cncnc1. The van der Waals surface area contributed by atoms with Crippen LogP contribution in [-0.4, -0.2) is 55.6 Å². The molecule has 2 N–H and O–H groups in total. The molecule has 0 bridgehead atoms. The van der Waals surface area contributed by atoms with Gasteiger partial charge < -0.3 is 15.1 Å². The van der Waals surface area contributed by atoms with Gasteiger partial charge in [-0.3, -0.25) is 4.79 Å². The van der Waals surface area contributed by atoms with E-state index in [4.69, 9.17) is 5.11 Å². The smallest absolute Gasteiger partial charge is 0.326 e. The Hall–Kier alpha value is -2.02. The minimum absolute atomic E-state index is 0.0185. The van der Waals surface area contributed by atoms with Crippen LogP contribution in [0.1, 0.15) is 16.8 Å². The van der Waals surface area contributed by atoms with Gasteiger partial charge in [-0.15, -0.1) is 0 Å². The van der Waals surface area contributed by atoms with Gasteiger partial charge in [-0.1, -0.05) is 0 Å². The van der Waals surface area contributed by atoms with Crippen LogP contribution in [0.4, 0.5) is 0 Å². The molecule has 7 nitrogen and oxygen atoms in total. The monoisotopic (exact) mass is 237 g/mol. The van der Waals surface area contributed by atoms with Gasteiger partial charge in [0, 0.05) is 25.4 Å². The largest absolute Gasteiger partial charge is 0.480 e. The zero-order chi connectivity index (χ0) is 12.4. The maximum Gasteiger partial charge on any atom is 0.326 e. The second kappa shape index (κ2) is 4.46. The number of β-amino-alcohol motifs (C(OH)–C–C–N with tert-alkyl or cyclic N) is 1. The Bertz CT molecular complexity index is 436. The predicted molar refractivity (Wildman–Crippen MR) is 55.1 cm³/mol. The van der Waals surface area contributed by atoms with Crippen LogP contribution in [-0.2, 0) is 4.79 Å². The summed E-state index contributed by atoms with van der Waals surface area (Å²) in [5.41, 5.74) is 0.216. The van der Waals surface area contributed by atoms with E-state index in [1.54, 1.807) is 0 Å². The minimum Gasteiger partial charge on any atom is -0.480 e. The number of aliphatic carboxylic acids is 1. The van der Waals surface area contributed by atoms with Gasteiger partial charge >= 0.3 is 5.97 Å². The number of aromatic nitrogens is 2. The lowest BCUT2D eigenvalue weighted by Gasteiger charge is -2.20. The Morgan fingerprint density at radius 2 is 2.00 bits per heavy atom. The van der Waals surface area contributed by atoms with E-state index < -0.39 is 24.0 Å². The lowest BCUT2D eigenvalue weighted by Crippen LogP contribution is -2.40. The Morgan fingerprint density at radius 3 is 2.59 bits per heavy atom. The topological polar surface area (TPSA) is 104 Å². The zero-order valence-electron chi connectivity index (χ0n) is 8.85. The maximum atomic E-state index is 12.0. The summed E-state index contributed by atoms with van der Waals surface area (Å²) in [6.07, 6.45) is 3.17. The second-order valence-corrected chi connectivity index (χ2v) is 3.83. The third-order valence-corrected chi connectivity index (χ3v) is 2.63. The molecular formula is C10H11N3O4. The molecule has 7 heteroatoms. The molecule has 1 aromatic rings. The van der Waals surface area contributed by atoms with Crippen LogP contribution >= 0.6 is 0 Å². The summed E-state index contributed by atoms with van der Waals surface area (Å²) in [6, 6.07) is -0.988. The van der Waals surface area contributed by atoms with E-state index in [0.29, 0.717) is 0 Å². The molecule has 0 spiro atoms. The van der Waals surface area contributed by atoms with Gasteiger partial charge in [0.15, 0.2) is 0 Å². The normalized spacial score (nSPS) is 23.7. The van der Waals surface area contributed by atoms with Crippen molar-refractivity contribution in [3.63, 3.8) is 0 Å². The summed E-state index contributed by atoms with van der Waals surface area (Å²) in [5, 5.41) is 18.4. The van der Waals surface area contributed by atoms with Crippen molar-refractivity contribution in [3.05, 3.63) is 24.3 Å². The second-order valence-electron chi connectivity index (χ2n) is 3.83. The van der Waals surface area contributed by atoms with Crippen LogP contribution in [0.25, 0.3) is 0 Å². The van der Waals surface area contributed by atoms with Gasteiger partial charge in [-0.25, -0.2) is 14.8 Å². The fourth-order valence-corrected chi connectivity index (χ4v) is 1.85. The van der Waals surface area contributed by atoms with E-state index in [0.717, 1.165) is 4.90 Å². The third kappa shape index (κ3) is 2.23. The highest BCUT2D eigenvalue weighted by Gasteiger charge is 2.39. The molecule has 1 amide bonds. The first-order chi connectivity index (χ1) is 8.09. The number of carboxylic acid groups (broad SMARTS) is 1. The highest BCUT2D eigenvalue weighted by molar-refractivity contribution is 5.96. The number of amides is 1. The van der Waals surface area contributed by atoms with Gasteiger partial charge in [0.1, 0.15) is 12.4 Å². The summed E-state index contributed by atoms with van der Waals surface area (Å²) in [4.78, 5) is 31.5. The van der Waals surface area contributed by atoms with Crippen molar-refractivity contribution in [1.82, 2.24) is 14.9 Å². The van der Waals surface area contributed by atoms with Gasteiger partial charge in [-0.05, 0) is 0 Å². The van der Waals surface area contributed by atoms with Crippen LogP contribution in [0.5, 0.6) is 0 Å². The minimum atomic E-state index is -1.12. The Balaban J connectivity index is 2.22. The van der Waals surface area contributed by atoms with E-state index in [9.17, 15) is 14.7 Å². The number of hydrogen-bond donors (Lipinski definition) is 2. The number of rotatable bonds is 2. The van der Waals surface area contributed by atoms with Crippen LogP contribution < -0.4 is 0 Å². The molecule has 0 radical (unpaired) electrons. The lowest BCUT2D eigenvalue weighted by atomic mass is 10.2. The Morgan fingerprint density at radius 1 is 1.35 bits per heavy atom. The Kier molecular flexibility index (Phi) is 3.01. The van der Waals surface area contributed by atoms with E-state index >= 15 is 0 Å². The first-order valence-corrected chi connectivity index (χ1v) is 5.06. The highest BCUT2D eigenvalue weighted by Crippen LogP contribution is 2.20. The average Bonchev–Trinajstić information content (AvgIpc) is 2.72. The summed E-state index contributed by atoms with van der Waals surface area (Å²) in [6.45, 7) is 0.0185. The molecule has 1 aliphatic heterocycles. The van der Waals surface area contributed by atoms with Crippen molar-refractivity contribution in [3.8, 4) is 0 Å². The number of aliphatic hydroxyl groups is 1. The molecule has 17 heavy (non-hydrogen) atoms. The van der Waals surface area contributed by atoms with Crippen molar-refractivity contribution >= 4 is 11.9 Å². The van der Waals surface area contributed by atoms with Gasteiger partial charge in [0.05, 0.1) is 11.7 Å². The first kappa shape index (κ1) is 11.5. The zero-order valence-corrected chi connectivity index (χ0v) is 8.85. The summed E-state index contributed by atoms with van der Waals surface area (Å²) >= 11 is 0.